The standard InChI is InChI=1S/C13H13BrFN3O/c1-2-5-18-13(16-8-17-18)7-12(19)10-4-3-9(15)6-11(10)14/h3-4,6,8H,2,5,7H2,1H3. The van der Waals surface area contributed by atoms with E-state index < -0.39 is 0 Å². The summed E-state index contributed by atoms with van der Waals surface area (Å²) in [7, 11) is 0. The highest BCUT2D eigenvalue weighted by molar-refractivity contribution is 9.10. The number of aryl methyl sites for hydroxylation is 1. The molecular formula is C13H13BrFN3O. The summed E-state index contributed by atoms with van der Waals surface area (Å²) in [5, 5.41) is 4.07. The number of Topliss-reactive ketones (excluding diaryl/α,β-unsaturated/α-hetero) is 1. The summed E-state index contributed by atoms with van der Waals surface area (Å²) in [6, 6.07) is 4.03. The number of hydrogen-bond acceptors (Lipinski definition) is 3. The molecule has 0 aliphatic rings. The molecule has 1 aromatic heterocycles. The van der Waals surface area contributed by atoms with E-state index in [0.29, 0.717) is 15.9 Å². The van der Waals surface area contributed by atoms with Crippen LogP contribution in [0.25, 0.3) is 0 Å². The maximum Gasteiger partial charge on any atom is 0.171 e. The summed E-state index contributed by atoms with van der Waals surface area (Å²) in [4.78, 5) is 16.3. The second kappa shape index (κ2) is 6.06. The first-order valence-corrected chi connectivity index (χ1v) is 6.76. The van der Waals surface area contributed by atoms with Crippen LogP contribution in [0.1, 0.15) is 29.5 Å². The zero-order valence-electron chi connectivity index (χ0n) is 10.4. The normalized spacial score (nSPS) is 10.7. The van der Waals surface area contributed by atoms with Gasteiger partial charge in [0.05, 0.1) is 6.42 Å². The third-order valence-corrected chi connectivity index (χ3v) is 3.34. The molecule has 0 saturated heterocycles. The van der Waals surface area contributed by atoms with Crippen molar-refractivity contribution in [3.05, 3.63) is 46.2 Å². The number of benzene rings is 1. The number of rotatable bonds is 5. The van der Waals surface area contributed by atoms with Crippen LogP contribution in [0.2, 0.25) is 0 Å². The molecule has 1 aromatic carbocycles. The van der Waals surface area contributed by atoms with Gasteiger partial charge in [0.1, 0.15) is 18.0 Å². The summed E-state index contributed by atoms with van der Waals surface area (Å²) in [6.45, 7) is 2.76. The largest absolute Gasteiger partial charge is 0.294 e. The molecule has 19 heavy (non-hydrogen) atoms. The van der Waals surface area contributed by atoms with Crippen LogP contribution in [-0.4, -0.2) is 20.5 Å². The fourth-order valence-electron chi connectivity index (χ4n) is 1.78. The second-order valence-corrected chi connectivity index (χ2v) is 4.98. The number of carbonyl (C=O) groups is 1. The third kappa shape index (κ3) is 3.26. The number of hydrogen-bond donors (Lipinski definition) is 0. The van der Waals surface area contributed by atoms with E-state index in [2.05, 4.69) is 26.0 Å². The molecule has 6 heteroatoms. The Balaban J connectivity index is 2.18. The Kier molecular flexibility index (Phi) is 4.42. The molecule has 2 rings (SSSR count). The van der Waals surface area contributed by atoms with Gasteiger partial charge in [-0.15, -0.1) is 0 Å². The number of aromatic nitrogens is 3. The quantitative estimate of drug-likeness (QED) is 0.794. The Morgan fingerprint density at radius 3 is 2.95 bits per heavy atom. The highest BCUT2D eigenvalue weighted by Crippen LogP contribution is 2.19. The molecule has 0 atom stereocenters. The second-order valence-electron chi connectivity index (χ2n) is 4.12. The highest BCUT2D eigenvalue weighted by atomic mass is 79.9. The van der Waals surface area contributed by atoms with Gasteiger partial charge >= 0.3 is 0 Å². The lowest BCUT2D eigenvalue weighted by Crippen LogP contribution is -2.12. The summed E-state index contributed by atoms with van der Waals surface area (Å²) in [6.07, 6.45) is 2.52. The van der Waals surface area contributed by atoms with Crippen molar-refractivity contribution in [1.82, 2.24) is 14.8 Å². The van der Waals surface area contributed by atoms with E-state index in [1.807, 2.05) is 6.92 Å². The van der Waals surface area contributed by atoms with Crippen LogP contribution in [-0.2, 0) is 13.0 Å². The van der Waals surface area contributed by atoms with E-state index in [-0.39, 0.29) is 18.0 Å². The monoisotopic (exact) mass is 325 g/mol. The predicted octanol–water partition coefficient (Wildman–Crippen LogP) is 3.02. The molecule has 0 aliphatic carbocycles. The van der Waals surface area contributed by atoms with Gasteiger partial charge in [-0.1, -0.05) is 6.92 Å². The SMILES string of the molecule is CCCn1ncnc1CC(=O)c1ccc(F)cc1Br. The number of ketones is 1. The van der Waals surface area contributed by atoms with E-state index in [9.17, 15) is 9.18 Å². The Morgan fingerprint density at radius 1 is 1.47 bits per heavy atom. The Labute approximate surface area is 118 Å². The summed E-state index contributed by atoms with van der Waals surface area (Å²) in [5.41, 5.74) is 0.451. The van der Waals surface area contributed by atoms with Crippen molar-refractivity contribution >= 4 is 21.7 Å². The molecule has 0 bridgehead atoms. The maximum absolute atomic E-state index is 13.0. The van der Waals surface area contributed by atoms with Gasteiger partial charge in [-0.25, -0.2) is 14.1 Å². The smallest absolute Gasteiger partial charge is 0.171 e. The lowest BCUT2D eigenvalue weighted by molar-refractivity contribution is 0.0988. The third-order valence-electron chi connectivity index (χ3n) is 2.68. The summed E-state index contributed by atoms with van der Waals surface area (Å²) < 4.78 is 15.2. The zero-order chi connectivity index (χ0) is 13.8. The van der Waals surface area contributed by atoms with Crippen LogP contribution in [0, 0.1) is 5.82 Å². The molecule has 2 aromatic rings. The van der Waals surface area contributed by atoms with Gasteiger partial charge < -0.3 is 0 Å². The van der Waals surface area contributed by atoms with Crippen molar-refractivity contribution in [2.24, 2.45) is 0 Å². The molecule has 1 heterocycles. The molecular weight excluding hydrogens is 313 g/mol. The van der Waals surface area contributed by atoms with Crippen LogP contribution in [0.5, 0.6) is 0 Å². The first kappa shape index (κ1) is 13.9. The average molecular weight is 326 g/mol. The van der Waals surface area contributed by atoms with Gasteiger partial charge in [0.2, 0.25) is 0 Å². The van der Waals surface area contributed by atoms with Gasteiger partial charge in [0.15, 0.2) is 5.78 Å². The van der Waals surface area contributed by atoms with Gasteiger partial charge in [0, 0.05) is 16.6 Å². The molecule has 0 saturated carbocycles. The van der Waals surface area contributed by atoms with Crippen LogP contribution in [0.15, 0.2) is 29.0 Å². The number of nitrogens with zero attached hydrogens (tertiary/aromatic N) is 3. The highest BCUT2D eigenvalue weighted by Gasteiger charge is 2.15. The molecule has 0 fully saturated rings. The fraction of sp³-hybridized carbons (Fsp3) is 0.308. The minimum atomic E-state index is -0.377. The fourth-order valence-corrected chi connectivity index (χ4v) is 2.35. The topological polar surface area (TPSA) is 47.8 Å². The van der Waals surface area contributed by atoms with Crippen LogP contribution >= 0.6 is 15.9 Å². The van der Waals surface area contributed by atoms with E-state index >= 15 is 0 Å². The van der Waals surface area contributed by atoms with Crippen LogP contribution in [0.3, 0.4) is 0 Å². The summed E-state index contributed by atoms with van der Waals surface area (Å²) >= 11 is 3.20. The molecule has 0 spiro atoms. The Bertz CT molecular complexity index is 597. The molecule has 0 amide bonds. The molecule has 4 nitrogen and oxygen atoms in total. The van der Waals surface area contributed by atoms with E-state index in [1.54, 1.807) is 4.68 Å². The molecule has 100 valence electrons. The Hall–Kier alpha value is -1.56. The molecule has 0 radical (unpaired) electrons. The van der Waals surface area contributed by atoms with Gasteiger partial charge in [0.25, 0.3) is 0 Å². The van der Waals surface area contributed by atoms with Crippen molar-refractivity contribution in [1.29, 1.82) is 0 Å². The Morgan fingerprint density at radius 2 is 2.26 bits per heavy atom. The van der Waals surface area contributed by atoms with Crippen molar-refractivity contribution in [3.63, 3.8) is 0 Å². The summed E-state index contributed by atoms with van der Waals surface area (Å²) in [5.74, 6) is 0.137. The lowest BCUT2D eigenvalue weighted by Gasteiger charge is -2.05. The molecule has 0 aliphatic heterocycles. The van der Waals surface area contributed by atoms with Gasteiger partial charge in [-0.2, -0.15) is 5.10 Å². The first-order chi connectivity index (χ1) is 9.11. The van der Waals surface area contributed by atoms with Crippen molar-refractivity contribution in [2.45, 2.75) is 26.3 Å². The average Bonchev–Trinajstić information content (AvgIpc) is 2.77. The number of carbonyl (C=O) groups excluding carboxylic acids is 1. The van der Waals surface area contributed by atoms with Crippen molar-refractivity contribution in [2.75, 3.05) is 0 Å². The van der Waals surface area contributed by atoms with E-state index in [4.69, 9.17) is 0 Å². The predicted molar refractivity (Wildman–Crippen MR) is 72.4 cm³/mol. The van der Waals surface area contributed by atoms with Crippen LogP contribution in [0.4, 0.5) is 4.39 Å². The minimum Gasteiger partial charge on any atom is -0.294 e. The first-order valence-electron chi connectivity index (χ1n) is 5.96. The number of halogens is 2. The molecule has 0 unspecified atom stereocenters. The van der Waals surface area contributed by atoms with Gasteiger partial charge in [-0.05, 0) is 40.5 Å². The lowest BCUT2D eigenvalue weighted by atomic mass is 10.1. The van der Waals surface area contributed by atoms with Crippen molar-refractivity contribution in [3.8, 4) is 0 Å². The van der Waals surface area contributed by atoms with Crippen LogP contribution < -0.4 is 0 Å². The van der Waals surface area contributed by atoms with E-state index in [1.165, 1.54) is 24.5 Å². The maximum atomic E-state index is 13.0. The van der Waals surface area contributed by atoms with Crippen molar-refractivity contribution < 1.29 is 9.18 Å². The molecule has 0 N–H and O–H groups in total. The van der Waals surface area contributed by atoms with Gasteiger partial charge in [-0.3, -0.25) is 4.79 Å². The minimum absolute atomic E-state index is 0.114. The van der Waals surface area contributed by atoms with E-state index in [0.717, 1.165) is 13.0 Å². The zero-order valence-corrected chi connectivity index (χ0v) is 12.0.